The van der Waals surface area contributed by atoms with Crippen molar-refractivity contribution in [3.05, 3.63) is 95.3 Å². The summed E-state index contributed by atoms with van der Waals surface area (Å²) in [5.74, 6) is -1.86. The minimum Gasteiger partial charge on any atom is -0.357 e. The van der Waals surface area contributed by atoms with Gasteiger partial charge in [0.05, 0.1) is 10.6 Å². The van der Waals surface area contributed by atoms with Crippen LogP contribution in [0.25, 0.3) is 0 Å². The number of rotatable bonds is 10. The van der Waals surface area contributed by atoms with Crippen LogP contribution in [-0.2, 0) is 26.2 Å². The Hall–Kier alpha value is -3.43. The predicted molar refractivity (Wildman–Crippen MR) is 138 cm³/mol. The van der Waals surface area contributed by atoms with E-state index in [0.717, 1.165) is 10.4 Å². The van der Waals surface area contributed by atoms with Gasteiger partial charge in [-0.3, -0.25) is 13.9 Å². The smallest absolute Gasteiger partial charge is 0.264 e. The molecule has 1 N–H and O–H groups in total. The molecule has 3 aromatic rings. The van der Waals surface area contributed by atoms with Gasteiger partial charge >= 0.3 is 0 Å². The molecule has 0 radical (unpaired) electrons. The molecule has 0 aliphatic carbocycles. The average molecular weight is 532 g/mol. The molecular formula is C26H27ClFN3O4S. The van der Waals surface area contributed by atoms with Crippen molar-refractivity contribution in [2.75, 3.05) is 17.9 Å². The molecule has 190 valence electrons. The Morgan fingerprint density at radius 1 is 0.972 bits per heavy atom. The zero-order chi connectivity index (χ0) is 26.3. The van der Waals surface area contributed by atoms with Crippen LogP contribution in [0.4, 0.5) is 10.1 Å². The molecule has 3 aromatic carbocycles. The molecule has 0 unspecified atom stereocenters. The van der Waals surface area contributed by atoms with Gasteiger partial charge in [-0.1, -0.05) is 61.0 Å². The molecule has 0 saturated carbocycles. The lowest BCUT2D eigenvalue weighted by Gasteiger charge is -2.33. The Labute approximate surface area is 215 Å². The predicted octanol–water partition coefficient (Wildman–Crippen LogP) is 4.23. The summed E-state index contributed by atoms with van der Waals surface area (Å²) in [6.45, 7) is 1.06. The van der Waals surface area contributed by atoms with Crippen molar-refractivity contribution in [2.24, 2.45) is 0 Å². The summed E-state index contributed by atoms with van der Waals surface area (Å²) >= 11 is 5.98. The molecule has 2 amide bonds. The van der Waals surface area contributed by atoms with Gasteiger partial charge in [0.15, 0.2) is 0 Å². The molecule has 0 aromatic heterocycles. The highest BCUT2D eigenvalue weighted by Gasteiger charge is 2.34. The van der Waals surface area contributed by atoms with E-state index < -0.39 is 40.2 Å². The number of carbonyl (C=O) groups excluding carboxylic acids is 2. The Balaban J connectivity index is 2.05. The highest BCUT2D eigenvalue weighted by molar-refractivity contribution is 7.92. The number of anilines is 1. The van der Waals surface area contributed by atoms with Gasteiger partial charge in [-0.2, -0.15) is 0 Å². The molecule has 1 atom stereocenters. The minimum atomic E-state index is -4.31. The van der Waals surface area contributed by atoms with Gasteiger partial charge in [0.2, 0.25) is 11.8 Å². The monoisotopic (exact) mass is 531 g/mol. The summed E-state index contributed by atoms with van der Waals surface area (Å²) in [6, 6.07) is 18.7. The Kier molecular flexibility index (Phi) is 9.06. The van der Waals surface area contributed by atoms with Crippen molar-refractivity contribution >= 4 is 39.1 Å². The maximum atomic E-state index is 14.8. The molecule has 0 spiro atoms. The summed E-state index contributed by atoms with van der Waals surface area (Å²) < 4.78 is 42.7. The molecule has 3 rings (SSSR count). The quantitative estimate of drug-likeness (QED) is 0.424. The van der Waals surface area contributed by atoms with Crippen molar-refractivity contribution in [1.29, 1.82) is 0 Å². The molecule has 0 heterocycles. The fraction of sp³-hybridized carbons (Fsp3) is 0.231. The highest BCUT2D eigenvalue weighted by Crippen LogP contribution is 2.27. The molecule has 0 fully saturated rings. The van der Waals surface area contributed by atoms with Crippen LogP contribution in [0.1, 0.15) is 18.9 Å². The van der Waals surface area contributed by atoms with Crippen molar-refractivity contribution in [2.45, 2.75) is 30.8 Å². The molecular weight excluding hydrogens is 505 g/mol. The highest BCUT2D eigenvalue weighted by atomic mass is 35.5. The van der Waals surface area contributed by atoms with Gasteiger partial charge < -0.3 is 10.2 Å². The maximum absolute atomic E-state index is 14.8. The first kappa shape index (κ1) is 27.2. The van der Waals surface area contributed by atoms with Crippen LogP contribution in [0.3, 0.4) is 0 Å². The number of halogens is 2. The molecule has 0 aliphatic heterocycles. The lowest BCUT2D eigenvalue weighted by atomic mass is 10.1. The number of carbonyl (C=O) groups is 2. The van der Waals surface area contributed by atoms with Crippen LogP contribution in [0.2, 0.25) is 5.02 Å². The molecule has 0 saturated heterocycles. The van der Waals surface area contributed by atoms with Crippen LogP contribution in [0, 0.1) is 5.82 Å². The van der Waals surface area contributed by atoms with Crippen molar-refractivity contribution in [3.63, 3.8) is 0 Å². The topological polar surface area (TPSA) is 86.8 Å². The van der Waals surface area contributed by atoms with Gasteiger partial charge in [0, 0.05) is 18.6 Å². The third-order valence-electron chi connectivity index (χ3n) is 5.63. The number of amides is 2. The van der Waals surface area contributed by atoms with E-state index in [1.807, 2.05) is 0 Å². The summed E-state index contributed by atoms with van der Waals surface area (Å²) in [5.41, 5.74) is 0.424. The van der Waals surface area contributed by atoms with E-state index in [4.69, 9.17) is 11.6 Å². The fourth-order valence-corrected chi connectivity index (χ4v) is 5.33. The van der Waals surface area contributed by atoms with Crippen molar-refractivity contribution < 1.29 is 22.4 Å². The van der Waals surface area contributed by atoms with E-state index >= 15 is 0 Å². The van der Waals surface area contributed by atoms with Crippen LogP contribution in [0.15, 0.2) is 83.8 Å². The molecule has 36 heavy (non-hydrogen) atoms. The van der Waals surface area contributed by atoms with E-state index in [0.29, 0.717) is 10.6 Å². The maximum Gasteiger partial charge on any atom is 0.264 e. The minimum absolute atomic E-state index is 0.0262. The molecule has 0 bridgehead atoms. The summed E-state index contributed by atoms with van der Waals surface area (Å²) in [6.07, 6.45) is 0.282. The first-order valence-electron chi connectivity index (χ1n) is 11.3. The molecule has 7 nitrogen and oxygen atoms in total. The fourth-order valence-electron chi connectivity index (χ4n) is 3.76. The van der Waals surface area contributed by atoms with Gasteiger partial charge in [0.25, 0.3) is 10.0 Å². The van der Waals surface area contributed by atoms with Gasteiger partial charge in [0.1, 0.15) is 18.4 Å². The third kappa shape index (κ3) is 6.22. The van der Waals surface area contributed by atoms with Gasteiger partial charge in [-0.25, -0.2) is 12.8 Å². The summed E-state index contributed by atoms with van der Waals surface area (Å²) in [4.78, 5) is 27.6. The largest absolute Gasteiger partial charge is 0.357 e. The van der Waals surface area contributed by atoms with Gasteiger partial charge in [-0.15, -0.1) is 0 Å². The molecule has 0 aliphatic rings. The first-order valence-corrected chi connectivity index (χ1v) is 13.1. The van der Waals surface area contributed by atoms with Gasteiger partial charge in [-0.05, 0) is 48.4 Å². The van der Waals surface area contributed by atoms with E-state index in [1.54, 1.807) is 49.4 Å². The standard InChI is InChI=1S/C26H27ClFN3O4S/c1-3-23(26(33)29-2)30(17-19-13-15-20(27)16-14-19)25(32)18-31(24-12-8-7-11-22(24)28)36(34,35)21-9-5-4-6-10-21/h4-16,23H,3,17-18H2,1-2H3,(H,29,33)/t23-/m0/s1. The lowest BCUT2D eigenvalue weighted by Crippen LogP contribution is -2.51. The van der Waals surface area contributed by atoms with E-state index in [-0.39, 0.29) is 23.5 Å². The number of nitrogens with zero attached hydrogens (tertiary/aromatic N) is 2. The Morgan fingerprint density at radius 3 is 2.17 bits per heavy atom. The van der Waals surface area contributed by atoms with Crippen molar-refractivity contribution in [3.8, 4) is 0 Å². The zero-order valence-corrected chi connectivity index (χ0v) is 21.5. The summed E-state index contributed by atoms with van der Waals surface area (Å²) in [7, 11) is -2.85. The number of hydrogen-bond acceptors (Lipinski definition) is 4. The van der Waals surface area contributed by atoms with Crippen LogP contribution < -0.4 is 9.62 Å². The Bertz CT molecular complexity index is 1300. The second kappa shape index (κ2) is 12.0. The number of sulfonamides is 1. The lowest BCUT2D eigenvalue weighted by molar-refractivity contribution is -0.140. The van der Waals surface area contributed by atoms with E-state index in [9.17, 15) is 22.4 Å². The number of nitrogens with one attached hydrogen (secondary N) is 1. The van der Waals surface area contributed by atoms with Crippen LogP contribution >= 0.6 is 11.6 Å². The second-order valence-corrected chi connectivity index (χ2v) is 10.3. The van der Waals surface area contributed by atoms with Crippen molar-refractivity contribution in [1.82, 2.24) is 10.2 Å². The van der Waals surface area contributed by atoms with Crippen LogP contribution in [-0.4, -0.2) is 44.8 Å². The number of benzene rings is 3. The number of para-hydroxylation sites is 1. The Morgan fingerprint density at radius 2 is 1.58 bits per heavy atom. The van der Waals surface area contributed by atoms with E-state index in [1.165, 1.54) is 42.3 Å². The van der Waals surface area contributed by atoms with Crippen LogP contribution in [0.5, 0.6) is 0 Å². The normalized spacial score (nSPS) is 12.0. The number of hydrogen-bond donors (Lipinski definition) is 1. The SMILES string of the molecule is CC[C@@H](C(=O)NC)N(Cc1ccc(Cl)cc1)C(=O)CN(c1ccccc1F)S(=O)(=O)c1ccccc1. The summed E-state index contributed by atoms with van der Waals surface area (Å²) in [5, 5.41) is 3.06. The number of likely N-dealkylation sites (N-methyl/N-ethyl adjacent to an activating group) is 1. The zero-order valence-electron chi connectivity index (χ0n) is 19.9. The average Bonchev–Trinajstić information content (AvgIpc) is 2.89. The molecule has 10 heteroatoms. The second-order valence-electron chi connectivity index (χ2n) is 7.96. The first-order chi connectivity index (χ1) is 17.2. The third-order valence-corrected chi connectivity index (χ3v) is 7.66. The van der Waals surface area contributed by atoms with E-state index in [2.05, 4.69) is 5.32 Å².